The van der Waals surface area contributed by atoms with Crippen LogP contribution in [0.1, 0.15) is 0 Å². The molecule has 0 aliphatic carbocycles. The van der Waals surface area contributed by atoms with Gasteiger partial charge in [0, 0.05) is 39.3 Å². The maximum absolute atomic E-state index is 6.44. The lowest BCUT2D eigenvalue weighted by atomic mass is 9.98. The average Bonchev–Trinajstić information content (AvgIpc) is 3.84. The number of oxazole rings is 1. The molecule has 4 nitrogen and oxygen atoms in total. The summed E-state index contributed by atoms with van der Waals surface area (Å²) in [5, 5.41) is 7.00. The van der Waals surface area contributed by atoms with E-state index in [1.54, 1.807) is 0 Å². The van der Waals surface area contributed by atoms with Crippen molar-refractivity contribution in [2.75, 3.05) is 4.90 Å². The predicted molar refractivity (Wildman–Crippen MR) is 227 cm³/mol. The Morgan fingerprint density at radius 2 is 1.05 bits per heavy atom. The van der Waals surface area contributed by atoms with Gasteiger partial charge in [-0.05, 0) is 92.8 Å². The van der Waals surface area contributed by atoms with E-state index in [0.29, 0.717) is 5.89 Å². The molecular weight excluding hydrogens is 673 g/mol. The fraction of sp³-hybridized carbons (Fsp3) is 0. The molecule has 0 saturated carbocycles. The van der Waals surface area contributed by atoms with E-state index in [0.717, 1.165) is 72.4 Å². The van der Waals surface area contributed by atoms with E-state index in [4.69, 9.17) is 13.8 Å². The predicted octanol–water partition coefficient (Wildman–Crippen LogP) is 14.5. The highest BCUT2D eigenvalue weighted by atomic mass is 16.4. The van der Waals surface area contributed by atoms with Crippen molar-refractivity contribution in [2.24, 2.45) is 0 Å². The van der Waals surface area contributed by atoms with Crippen molar-refractivity contribution in [3.8, 4) is 33.7 Å². The lowest BCUT2D eigenvalue weighted by molar-refractivity contribution is 0.620. The van der Waals surface area contributed by atoms with Gasteiger partial charge in [-0.15, -0.1) is 0 Å². The number of hydrogen-bond acceptors (Lipinski definition) is 4. The van der Waals surface area contributed by atoms with Crippen molar-refractivity contribution < 1.29 is 8.83 Å². The molecule has 4 heteroatoms. The molecule has 2 aromatic heterocycles. The highest BCUT2D eigenvalue weighted by molar-refractivity contribution is 6.15. The molecule has 11 aromatic rings. The van der Waals surface area contributed by atoms with Crippen molar-refractivity contribution in [3.05, 3.63) is 194 Å². The third-order valence-corrected chi connectivity index (χ3v) is 10.7. The van der Waals surface area contributed by atoms with Crippen LogP contribution >= 0.6 is 0 Å². The third kappa shape index (κ3) is 5.26. The Morgan fingerprint density at radius 3 is 1.91 bits per heavy atom. The maximum atomic E-state index is 6.44. The van der Waals surface area contributed by atoms with Gasteiger partial charge in [0.2, 0.25) is 5.89 Å². The van der Waals surface area contributed by atoms with E-state index in [-0.39, 0.29) is 0 Å². The van der Waals surface area contributed by atoms with Gasteiger partial charge >= 0.3 is 0 Å². The first-order valence-corrected chi connectivity index (χ1v) is 18.5. The molecule has 0 unspecified atom stereocenters. The fourth-order valence-electron chi connectivity index (χ4n) is 8.08. The molecule has 0 amide bonds. The zero-order valence-corrected chi connectivity index (χ0v) is 29.7. The van der Waals surface area contributed by atoms with Crippen LogP contribution in [0.15, 0.2) is 203 Å². The van der Waals surface area contributed by atoms with Crippen LogP contribution in [0.25, 0.3) is 88.3 Å². The molecule has 0 aliphatic heterocycles. The van der Waals surface area contributed by atoms with E-state index in [9.17, 15) is 0 Å². The molecule has 0 spiro atoms. The van der Waals surface area contributed by atoms with E-state index >= 15 is 0 Å². The molecule has 258 valence electrons. The summed E-state index contributed by atoms with van der Waals surface area (Å²) in [4.78, 5) is 7.16. The van der Waals surface area contributed by atoms with Gasteiger partial charge in [0.05, 0.1) is 5.69 Å². The van der Waals surface area contributed by atoms with Crippen molar-refractivity contribution >= 4 is 71.6 Å². The largest absolute Gasteiger partial charge is 0.456 e. The highest BCUT2D eigenvalue weighted by Gasteiger charge is 2.20. The summed E-state index contributed by atoms with van der Waals surface area (Å²) in [6, 6.07) is 68.3. The summed E-state index contributed by atoms with van der Waals surface area (Å²) < 4.78 is 12.7. The van der Waals surface area contributed by atoms with Crippen LogP contribution in [0.3, 0.4) is 0 Å². The summed E-state index contributed by atoms with van der Waals surface area (Å²) in [6.45, 7) is 0. The molecule has 0 aliphatic rings. The number of furan rings is 1. The summed E-state index contributed by atoms with van der Waals surface area (Å²) in [6.07, 6.45) is 0. The molecule has 2 heterocycles. The maximum Gasteiger partial charge on any atom is 0.227 e. The van der Waals surface area contributed by atoms with Crippen molar-refractivity contribution in [1.29, 1.82) is 0 Å². The van der Waals surface area contributed by atoms with E-state index in [2.05, 4.69) is 157 Å². The molecule has 11 rings (SSSR count). The first-order valence-electron chi connectivity index (χ1n) is 18.5. The van der Waals surface area contributed by atoms with Crippen LogP contribution < -0.4 is 4.90 Å². The van der Waals surface area contributed by atoms with Gasteiger partial charge in [-0.3, -0.25) is 0 Å². The van der Waals surface area contributed by atoms with Crippen molar-refractivity contribution in [1.82, 2.24) is 4.98 Å². The number of anilines is 3. The quantitative estimate of drug-likeness (QED) is 0.162. The Kier molecular flexibility index (Phi) is 7.14. The van der Waals surface area contributed by atoms with Gasteiger partial charge in [0.1, 0.15) is 16.7 Å². The van der Waals surface area contributed by atoms with Gasteiger partial charge in [-0.1, -0.05) is 133 Å². The Bertz CT molecular complexity index is 3200. The average molecular weight is 705 g/mol. The van der Waals surface area contributed by atoms with Gasteiger partial charge in [0.15, 0.2) is 5.58 Å². The molecule has 0 fully saturated rings. The molecule has 0 atom stereocenters. The number of rotatable bonds is 6. The molecule has 0 saturated heterocycles. The molecule has 55 heavy (non-hydrogen) atoms. The zero-order chi connectivity index (χ0) is 36.3. The van der Waals surface area contributed by atoms with Gasteiger partial charge in [-0.25, -0.2) is 4.98 Å². The summed E-state index contributed by atoms with van der Waals surface area (Å²) in [5.74, 6) is 0.599. The second-order valence-electron chi connectivity index (χ2n) is 13.9. The van der Waals surface area contributed by atoms with Gasteiger partial charge in [0.25, 0.3) is 0 Å². The van der Waals surface area contributed by atoms with E-state index < -0.39 is 0 Å². The Labute approximate surface area is 317 Å². The van der Waals surface area contributed by atoms with Gasteiger partial charge in [-0.2, -0.15) is 0 Å². The lowest BCUT2D eigenvalue weighted by Crippen LogP contribution is -2.11. The minimum atomic E-state index is 0.599. The number of benzene rings is 9. The number of nitrogens with zero attached hydrogens (tertiary/aromatic N) is 2. The van der Waals surface area contributed by atoms with Crippen LogP contribution in [-0.2, 0) is 0 Å². The molecular formula is C51H32N2O2. The molecule has 0 N–H and O–H groups in total. The van der Waals surface area contributed by atoms with E-state index in [1.807, 2.05) is 42.5 Å². The fourth-order valence-corrected chi connectivity index (χ4v) is 8.08. The topological polar surface area (TPSA) is 42.4 Å². The molecule has 0 bridgehead atoms. The number of para-hydroxylation sites is 1. The minimum Gasteiger partial charge on any atom is -0.456 e. The monoisotopic (exact) mass is 704 g/mol. The number of fused-ring (bicyclic) bond motifs is 7. The second-order valence-corrected chi connectivity index (χ2v) is 13.9. The Balaban J connectivity index is 1.05. The summed E-state index contributed by atoms with van der Waals surface area (Å²) >= 11 is 0. The van der Waals surface area contributed by atoms with Crippen LogP contribution in [0, 0.1) is 0 Å². The van der Waals surface area contributed by atoms with E-state index in [1.165, 1.54) is 27.1 Å². The summed E-state index contributed by atoms with van der Waals surface area (Å²) in [5.41, 5.74) is 11.8. The minimum absolute atomic E-state index is 0.599. The lowest BCUT2D eigenvalue weighted by Gasteiger charge is -2.28. The van der Waals surface area contributed by atoms with Crippen LogP contribution in [-0.4, -0.2) is 4.98 Å². The summed E-state index contributed by atoms with van der Waals surface area (Å²) in [7, 11) is 0. The van der Waals surface area contributed by atoms with Crippen LogP contribution in [0.2, 0.25) is 0 Å². The highest BCUT2D eigenvalue weighted by Crippen LogP contribution is 2.44. The molecule has 0 radical (unpaired) electrons. The van der Waals surface area contributed by atoms with Crippen molar-refractivity contribution in [3.63, 3.8) is 0 Å². The molecule has 9 aromatic carbocycles. The van der Waals surface area contributed by atoms with Crippen LogP contribution in [0.4, 0.5) is 17.1 Å². The normalized spacial score (nSPS) is 11.6. The Hall–Kier alpha value is -7.43. The zero-order valence-electron chi connectivity index (χ0n) is 29.7. The first kappa shape index (κ1) is 31.1. The first-order chi connectivity index (χ1) is 27.2. The van der Waals surface area contributed by atoms with Crippen LogP contribution in [0.5, 0.6) is 0 Å². The number of aromatic nitrogens is 1. The Morgan fingerprint density at radius 1 is 0.382 bits per heavy atom. The SMILES string of the molecule is c1ccc(-c2nc3cc4oc5cccc(-c6ccc(N(c7ccc8c(ccc9ccccc98)c7)c7ccccc7-c7ccccc7)cc6)c5c4cc3o2)cc1. The van der Waals surface area contributed by atoms with Crippen molar-refractivity contribution in [2.45, 2.75) is 0 Å². The third-order valence-electron chi connectivity index (χ3n) is 10.7. The standard InChI is InChI=1S/C51H32N2O2/c1-3-12-33(13-4-1)42-18-9-10-20-46(42)53(39-28-29-41-37(30-39)23-22-34-14-7-8-17-40(34)41)38-26-24-35(25-27-38)43-19-11-21-47-50(43)44-31-49-45(32-48(44)54-47)52-51(55-49)36-15-5-2-6-16-36/h1-32H. The number of hydrogen-bond donors (Lipinski definition) is 0. The second kappa shape index (κ2) is 12.6. The smallest absolute Gasteiger partial charge is 0.227 e. The van der Waals surface area contributed by atoms with Gasteiger partial charge < -0.3 is 13.7 Å².